The molecule has 0 amide bonds. The molecule has 4 nitrogen and oxygen atoms in total. The molecule has 3 aliphatic heterocycles. The van der Waals surface area contributed by atoms with Crippen LogP contribution >= 0.6 is 7.60 Å². The lowest BCUT2D eigenvalue weighted by atomic mass is 9.64. The fraction of sp³-hybridized carbons (Fsp3) is 0.310. The summed E-state index contributed by atoms with van der Waals surface area (Å²) in [6.45, 7) is 11.4. The molecule has 0 radical (unpaired) electrons. The number of benzene rings is 3. The molecule has 34 heavy (non-hydrogen) atoms. The summed E-state index contributed by atoms with van der Waals surface area (Å²) in [5.41, 5.74) is 2.29. The van der Waals surface area contributed by atoms with E-state index in [1.165, 1.54) is 0 Å². The van der Waals surface area contributed by atoms with Crippen LogP contribution in [0.5, 0.6) is 0 Å². The molecular weight excluding hydrogens is 443 g/mol. The third-order valence-electron chi connectivity index (χ3n) is 7.85. The lowest BCUT2D eigenvalue weighted by Gasteiger charge is -2.50. The van der Waals surface area contributed by atoms with Crippen LogP contribution in [0.4, 0.5) is 0 Å². The van der Waals surface area contributed by atoms with E-state index < -0.39 is 24.0 Å². The maximum Gasteiger partial charge on any atom is 0.344 e. The van der Waals surface area contributed by atoms with Crippen LogP contribution in [0, 0.1) is 5.41 Å². The van der Waals surface area contributed by atoms with Gasteiger partial charge in [0.2, 0.25) is 0 Å². The van der Waals surface area contributed by atoms with Gasteiger partial charge >= 0.3 is 7.60 Å². The van der Waals surface area contributed by atoms with Gasteiger partial charge in [0.15, 0.2) is 0 Å². The molecule has 0 spiro atoms. The minimum Gasteiger partial charge on any atom is -0.344 e. The van der Waals surface area contributed by atoms with Crippen molar-refractivity contribution in [3.8, 4) is 0 Å². The molecular formula is C29H29O4P. The Morgan fingerprint density at radius 2 is 1.24 bits per heavy atom. The first kappa shape index (κ1) is 22.0. The second kappa shape index (κ2) is 7.02. The van der Waals surface area contributed by atoms with E-state index in [0.717, 1.165) is 22.3 Å². The predicted molar refractivity (Wildman–Crippen MR) is 133 cm³/mol. The van der Waals surface area contributed by atoms with Crippen molar-refractivity contribution in [3.63, 3.8) is 0 Å². The molecule has 3 atom stereocenters. The first-order valence-corrected chi connectivity index (χ1v) is 13.3. The Kier molecular flexibility index (Phi) is 4.54. The third kappa shape index (κ3) is 2.47. The monoisotopic (exact) mass is 472 g/mol. The van der Waals surface area contributed by atoms with Gasteiger partial charge in [0.1, 0.15) is 16.4 Å². The second-order valence-electron chi connectivity index (χ2n) is 10.5. The second-order valence-corrected chi connectivity index (χ2v) is 12.9. The standard InChI is InChI=1S/C29H29O4P/c1-21-27(4,34(30)31-19-26(2,3)20-32-34)29(23-15-9-6-10-16-23)25-18-12-11-17-24(25)28(21,33-29)22-13-7-5-8-14-22/h5-18H,1,19-20H2,2-4H3/t27-,28+,29-/m1/s1. The number of hydrogen-bond donors (Lipinski definition) is 0. The zero-order valence-electron chi connectivity index (χ0n) is 19.8. The van der Waals surface area contributed by atoms with Gasteiger partial charge in [0, 0.05) is 5.41 Å². The van der Waals surface area contributed by atoms with Crippen molar-refractivity contribution in [1.82, 2.24) is 0 Å². The van der Waals surface area contributed by atoms with Crippen molar-refractivity contribution >= 4 is 7.60 Å². The van der Waals surface area contributed by atoms with Gasteiger partial charge in [0.05, 0.1) is 13.2 Å². The molecule has 6 rings (SSSR count). The summed E-state index contributed by atoms with van der Waals surface area (Å²) in [7, 11) is -3.73. The largest absolute Gasteiger partial charge is 0.344 e. The molecule has 0 N–H and O–H groups in total. The maximum absolute atomic E-state index is 14.8. The van der Waals surface area contributed by atoms with E-state index in [2.05, 4.69) is 44.7 Å². The van der Waals surface area contributed by atoms with Gasteiger partial charge in [-0.2, -0.15) is 0 Å². The van der Waals surface area contributed by atoms with Crippen LogP contribution in [0.15, 0.2) is 97.1 Å². The van der Waals surface area contributed by atoms with Crippen LogP contribution in [0.25, 0.3) is 0 Å². The number of hydrogen-bond acceptors (Lipinski definition) is 4. The molecule has 0 unspecified atom stereocenters. The summed E-state index contributed by atoms with van der Waals surface area (Å²) in [5.74, 6) is 0. The highest BCUT2D eigenvalue weighted by atomic mass is 31.2. The van der Waals surface area contributed by atoms with Crippen molar-refractivity contribution in [1.29, 1.82) is 0 Å². The van der Waals surface area contributed by atoms with E-state index in [1.807, 2.05) is 67.6 Å². The van der Waals surface area contributed by atoms with Gasteiger partial charge in [-0.3, -0.25) is 4.57 Å². The van der Waals surface area contributed by atoms with Gasteiger partial charge in [-0.1, -0.05) is 105 Å². The van der Waals surface area contributed by atoms with E-state index in [4.69, 9.17) is 13.8 Å². The fourth-order valence-corrected chi connectivity index (χ4v) is 8.82. The lowest BCUT2D eigenvalue weighted by molar-refractivity contribution is -0.0492. The minimum absolute atomic E-state index is 0.223. The first-order chi connectivity index (χ1) is 16.2. The normalized spacial score (nSPS) is 33.0. The van der Waals surface area contributed by atoms with Crippen LogP contribution in [-0.2, 0) is 29.6 Å². The molecule has 0 aliphatic carbocycles. The molecule has 3 heterocycles. The molecule has 3 aromatic rings. The lowest BCUT2D eigenvalue weighted by Crippen LogP contribution is -2.51. The van der Waals surface area contributed by atoms with Crippen molar-refractivity contribution in [2.45, 2.75) is 37.1 Å². The SMILES string of the molecule is C=C1[C@@]2(c3ccccc3)O[C@](c3ccccc3)(c3ccccc32)[C@]1(C)P1(=O)OCC(C)(C)CO1. The average molecular weight is 473 g/mol. The first-order valence-electron chi connectivity index (χ1n) is 11.7. The molecule has 174 valence electrons. The smallest absolute Gasteiger partial charge is 0.344 e. The maximum atomic E-state index is 14.8. The molecule has 2 bridgehead atoms. The Balaban J connectivity index is 1.70. The molecule has 0 aromatic heterocycles. The van der Waals surface area contributed by atoms with Crippen molar-refractivity contribution in [2.24, 2.45) is 5.41 Å². The average Bonchev–Trinajstić information content (AvgIpc) is 3.30. The highest BCUT2D eigenvalue weighted by Crippen LogP contribution is 2.82. The number of fused-ring (bicyclic) bond motifs is 5. The van der Waals surface area contributed by atoms with Crippen LogP contribution in [0.1, 0.15) is 43.0 Å². The van der Waals surface area contributed by atoms with Crippen LogP contribution in [0.3, 0.4) is 0 Å². The van der Waals surface area contributed by atoms with Gasteiger partial charge in [0.25, 0.3) is 0 Å². The Morgan fingerprint density at radius 3 is 1.82 bits per heavy atom. The van der Waals surface area contributed by atoms with Crippen LogP contribution in [0.2, 0.25) is 0 Å². The van der Waals surface area contributed by atoms with Gasteiger partial charge in [-0.25, -0.2) is 0 Å². The number of rotatable bonds is 3. The Hall–Kier alpha value is -2.49. The van der Waals surface area contributed by atoms with E-state index in [1.54, 1.807) is 0 Å². The molecule has 2 saturated heterocycles. The van der Waals surface area contributed by atoms with Gasteiger partial charge < -0.3 is 13.8 Å². The Morgan fingerprint density at radius 1 is 0.735 bits per heavy atom. The summed E-state index contributed by atoms with van der Waals surface area (Å²) in [6, 6.07) is 28.3. The van der Waals surface area contributed by atoms with Crippen LogP contribution < -0.4 is 0 Å². The summed E-state index contributed by atoms with van der Waals surface area (Å²) in [6.07, 6.45) is 0. The Bertz CT molecular complexity index is 1320. The summed E-state index contributed by atoms with van der Waals surface area (Å²) in [4.78, 5) is 0. The summed E-state index contributed by atoms with van der Waals surface area (Å²) in [5, 5.41) is -1.15. The Labute approximate surface area is 201 Å². The van der Waals surface area contributed by atoms with Gasteiger partial charge in [-0.15, -0.1) is 0 Å². The zero-order chi connectivity index (χ0) is 23.8. The topological polar surface area (TPSA) is 44.8 Å². The fourth-order valence-electron chi connectivity index (χ4n) is 6.02. The summed E-state index contributed by atoms with van der Waals surface area (Å²) < 4.78 is 34.5. The molecule has 0 saturated carbocycles. The van der Waals surface area contributed by atoms with Crippen LogP contribution in [-0.4, -0.2) is 18.4 Å². The number of ether oxygens (including phenoxy) is 1. The van der Waals surface area contributed by atoms with E-state index in [9.17, 15) is 4.57 Å². The quantitative estimate of drug-likeness (QED) is 0.311. The highest BCUT2D eigenvalue weighted by Gasteiger charge is 2.80. The third-order valence-corrected chi connectivity index (χ3v) is 10.5. The minimum atomic E-state index is -3.73. The molecule has 3 aliphatic rings. The predicted octanol–water partition coefficient (Wildman–Crippen LogP) is 6.80. The zero-order valence-corrected chi connectivity index (χ0v) is 20.7. The molecule has 5 heteroatoms. The molecule has 2 fully saturated rings. The van der Waals surface area contributed by atoms with E-state index in [-0.39, 0.29) is 5.41 Å². The van der Waals surface area contributed by atoms with Crippen molar-refractivity contribution in [3.05, 3.63) is 119 Å². The van der Waals surface area contributed by atoms with E-state index >= 15 is 0 Å². The van der Waals surface area contributed by atoms with Gasteiger partial charge in [-0.05, 0) is 34.8 Å². The molecule has 3 aromatic carbocycles. The van der Waals surface area contributed by atoms with Crippen molar-refractivity contribution < 1.29 is 18.3 Å². The summed E-state index contributed by atoms with van der Waals surface area (Å²) >= 11 is 0. The highest BCUT2D eigenvalue weighted by molar-refractivity contribution is 7.56. The van der Waals surface area contributed by atoms with Crippen molar-refractivity contribution in [2.75, 3.05) is 13.2 Å². The van der Waals surface area contributed by atoms with E-state index in [0.29, 0.717) is 18.8 Å².